The predicted octanol–water partition coefficient (Wildman–Crippen LogP) is 2.02. The number of nitrogens with zero attached hydrogens (tertiary/aromatic N) is 4. The lowest BCUT2D eigenvalue weighted by atomic mass is 9.93. The van der Waals surface area contributed by atoms with E-state index in [2.05, 4.69) is 37.4 Å². The zero-order valence-corrected chi connectivity index (χ0v) is 13.9. The molecule has 0 bridgehead atoms. The second kappa shape index (κ2) is 5.76. The van der Waals surface area contributed by atoms with Crippen molar-refractivity contribution in [2.24, 2.45) is 12.5 Å². The first-order chi connectivity index (χ1) is 10.8. The van der Waals surface area contributed by atoms with Crippen molar-refractivity contribution < 1.29 is 0 Å². The summed E-state index contributed by atoms with van der Waals surface area (Å²) in [6, 6.07) is 2.96. The lowest BCUT2D eigenvalue weighted by molar-refractivity contribution is 0.184. The molecule has 6 heteroatoms. The Labute approximate surface area is 135 Å². The van der Waals surface area contributed by atoms with Crippen LogP contribution in [0.4, 0.5) is 0 Å². The number of hydrogen-bond acceptors (Lipinski definition) is 5. The summed E-state index contributed by atoms with van der Waals surface area (Å²) in [6.07, 6.45) is 5.89. The molecule has 1 aliphatic carbocycles. The van der Waals surface area contributed by atoms with Crippen LogP contribution in [0.5, 0.6) is 0 Å². The molecule has 0 unspecified atom stereocenters. The molecular weight excluding hydrogens is 294 g/mol. The molecule has 1 saturated heterocycles. The first-order valence-corrected chi connectivity index (χ1v) is 9.01. The molecule has 3 heterocycles. The molecule has 5 nitrogen and oxygen atoms in total. The predicted molar refractivity (Wildman–Crippen MR) is 87.5 cm³/mol. The highest BCUT2D eigenvalue weighted by atomic mass is 32.1. The van der Waals surface area contributed by atoms with Gasteiger partial charge in [0.25, 0.3) is 0 Å². The number of piperidine rings is 1. The van der Waals surface area contributed by atoms with Crippen molar-refractivity contribution in [1.29, 1.82) is 0 Å². The van der Waals surface area contributed by atoms with E-state index in [9.17, 15) is 0 Å². The van der Waals surface area contributed by atoms with E-state index < -0.39 is 0 Å². The van der Waals surface area contributed by atoms with Crippen molar-refractivity contribution >= 4 is 11.3 Å². The van der Waals surface area contributed by atoms with Crippen LogP contribution in [-0.4, -0.2) is 39.0 Å². The van der Waals surface area contributed by atoms with E-state index >= 15 is 0 Å². The molecule has 0 aromatic carbocycles. The number of thiophene rings is 1. The third-order valence-corrected chi connectivity index (χ3v) is 6.06. The second-order valence-corrected chi connectivity index (χ2v) is 7.50. The van der Waals surface area contributed by atoms with Gasteiger partial charge in [-0.25, -0.2) is 0 Å². The monoisotopic (exact) mass is 317 g/mol. The minimum atomic E-state index is 0.563. The molecule has 2 fully saturated rings. The molecule has 0 amide bonds. The van der Waals surface area contributed by atoms with Gasteiger partial charge in [-0.1, -0.05) is 5.21 Å². The molecule has 1 atom stereocenters. The Kier molecular flexibility index (Phi) is 3.76. The molecule has 2 aromatic rings. The van der Waals surface area contributed by atoms with E-state index in [0.717, 1.165) is 13.1 Å². The lowest BCUT2D eigenvalue weighted by Gasteiger charge is -2.29. The molecule has 2 aromatic heterocycles. The Hall–Kier alpha value is -1.24. The molecule has 1 aliphatic heterocycles. The Morgan fingerprint density at radius 1 is 1.41 bits per heavy atom. The van der Waals surface area contributed by atoms with Crippen LogP contribution in [0.2, 0.25) is 0 Å². The molecule has 1 N–H and O–H groups in total. The maximum Gasteiger partial charge on any atom is 0.0738 e. The summed E-state index contributed by atoms with van der Waals surface area (Å²) in [5.41, 5.74) is 3.19. The van der Waals surface area contributed by atoms with Gasteiger partial charge < -0.3 is 5.32 Å². The van der Waals surface area contributed by atoms with Crippen molar-refractivity contribution in [2.45, 2.75) is 38.4 Å². The SMILES string of the molecule is Cn1nncc1CN(Cc1ccsc1)[C@H]1CC12CCNCC2. The molecule has 4 rings (SSSR count). The highest BCUT2D eigenvalue weighted by molar-refractivity contribution is 7.07. The summed E-state index contributed by atoms with van der Waals surface area (Å²) in [7, 11) is 1.98. The highest BCUT2D eigenvalue weighted by Crippen LogP contribution is 2.56. The van der Waals surface area contributed by atoms with Crippen LogP contribution in [0, 0.1) is 5.41 Å². The van der Waals surface area contributed by atoms with Crippen LogP contribution >= 0.6 is 11.3 Å². The van der Waals surface area contributed by atoms with Crippen LogP contribution in [0.25, 0.3) is 0 Å². The van der Waals surface area contributed by atoms with E-state index in [1.54, 1.807) is 11.3 Å². The fourth-order valence-electron chi connectivity index (χ4n) is 3.86. The number of aryl methyl sites for hydroxylation is 1. The first-order valence-electron chi connectivity index (χ1n) is 8.06. The van der Waals surface area contributed by atoms with Crippen LogP contribution in [0.1, 0.15) is 30.5 Å². The quantitative estimate of drug-likeness (QED) is 0.916. The average Bonchev–Trinajstić information content (AvgIpc) is 2.90. The fraction of sp³-hybridized carbons (Fsp3) is 0.625. The molecule has 2 aliphatic rings. The van der Waals surface area contributed by atoms with E-state index in [4.69, 9.17) is 0 Å². The Balaban J connectivity index is 1.52. The van der Waals surface area contributed by atoms with Crippen LogP contribution < -0.4 is 5.32 Å². The smallest absolute Gasteiger partial charge is 0.0738 e. The van der Waals surface area contributed by atoms with Crippen molar-refractivity contribution in [3.63, 3.8) is 0 Å². The first kappa shape index (κ1) is 14.4. The summed E-state index contributed by atoms with van der Waals surface area (Å²) < 4.78 is 1.90. The molecule has 1 saturated carbocycles. The summed E-state index contributed by atoms with van der Waals surface area (Å²) >= 11 is 1.79. The van der Waals surface area contributed by atoms with Gasteiger partial charge in [0.2, 0.25) is 0 Å². The van der Waals surface area contributed by atoms with Crippen molar-refractivity contribution in [1.82, 2.24) is 25.2 Å². The van der Waals surface area contributed by atoms with Gasteiger partial charge in [0.05, 0.1) is 11.9 Å². The zero-order valence-electron chi connectivity index (χ0n) is 13.0. The van der Waals surface area contributed by atoms with E-state index in [1.807, 2.05) is 17.9 Å². The van der Waals surface area contributed by atoms with Gasteiger partial charge >= 0.3 is 0 Å². The number of rotatable bonds is 5. The lowest BCUT2D eigenvalue weighted by Crippen LogP contribution is -2.36. The topological polar surface area (TPSA) is 46.0 Å². The maximum atomic E-state index is 4.08. The van der Waals surface area contributed by atoms with Gasteiger partial charge in [-0.3, -0.25) is 9.58 Å². The number of aromatic nitrogens is 3. The van der Waals surface area contributed by atoms with E-state index in [0.29, 0.717) is 11.5 Å². The maximum absolute atomic E-state index is 4.08. The van der Waals surface area contributed by atoms with Gasteiger partial charge in [0.1, 0.15) is 0 Å². The number of nitrogens with one attached hydrogen (secondary N) is 1. The molecule has 1 spiro atoms. The number of hydrogen-bond donors (Lipinski definition) is 1. The third-order valence-electron chi connectivity index (χ3n) is 5.33. The standard InChI is InChI=1S/C16H23N5S/c1-20-14(9-18-19-20)11-21(10-13-2-7-22-12-13)15-8-16(15)3-5-17-6-4-16/h2,7,9,12,15,17H,3-6,8,10-11H2,1H3/t15-/m0/s1. The van der Waals surface area contributed by atoms with Gasteiger partial charge in [-0.15, -0.1) is 5.10 Å². The van der Waals surface area contributed by atoms with Gasteiger partial charge in [-0.05, 0) is 60.2 Å². The van der Waals surface area contributed by atoms with Crippen molar-refractivity contribution in [3.8, 4) is 0 Å². The third kappa shape index (κ3) is 2.71. The van der Waals surface area contributed by atoms with Gasteiger partial charge in [0, 0.05) is 26.2 Å². The highest BCUT2D eigenvalue weighted by Gasteiger charge is 2.56. The van der Waals surface area contributed by atoms with Gasteiger partial charge in [-0.2, -0.15) is 11.3 Å². The van der Waals surface area contributed by atoms with Crippen LogP contribution in [0.15, 0.2) is 23.0 Å². The molecular formula is C16H23N5S. The second-order valence-electron chi connectivity index (χ2n) is 6.72. The van der Waals surface area contributed by atoms with Crippen LogP contribution in [-0.2, 0) is 20.1 Å². The Morgan fingerprint density at radius 3 is 2.95 bits per heavy atom. The van der Waals surface area contributed by atoms with Gasteiger partial charge in [0.15, 0.2) is 0 Å². The average molecular weight is 317 g/mol. The van der Waals surface area contributed by atoms with Crippen molar-refractivity contribution in [2.75, 3.05) is 13.1 Å². The van der Waals surface area contributed by atoms with Crippen LogP contribution in [0.3, 0.4) is 0 Å². The summed E-state index contributed by atoms with van der Waals surface area (Å²) in [6.45, 7) is 4.33. The van der Waals surface area contributed by atoms with E-state index in [1.165, 1.54) is 43.6 Å². The molecule has 118 valence electrons. The Morgan fingerprint density at radius 2 is 2.27 bits per heavy atom. The normalized spacial score (nSPS) is 23.3. The van der Waals surface area contributed by atoms with E-state index in [-0.39, 0.29) is 0 Å². The zero-order chi connectivity index (χ0) is 15.0. The summed E-state index contributed by atoms with van der Waals surface area (Å²) in [5.74, 6) is 0. The minimum absolute atomic E-state index is 0.563. The fourth-order valence-corrected chi connectivity index (χ4v) is 4.52. The summed E-state index contributed by atoms with van der Waals surface area (Å²) in [4.78, 5) is 2.64. The largest absolute Gasteiger partial charge is 0.317 e. The Bertz CT molecular complexity index is 614. The molecule has 22 heavy (non-hydrogen) atoms. The summed E-state index contributed by atoms with van der Waals surface area (Å²) in [5, 5.41) is 16.1. The van der Waals surface area contributed by atoms with Crippen molar-refractivity contribution in [3.05, 3.63) is 34.3 Å². The minimum Gasteiger partial charge on any atom is -0.317 e. The molecule has 0 radical (unpaired) electrons.